The summed E-state index contributed by atoms with van der Waals surface area (Å²) < 4.78 is 0. The van der Waals surface area contributed by atoms with E-state index in [9.17, 15) is 0 Å². The third kappa shape index (κ3) is 2.91. The Hall–Kier alpha value is -1.12. The van der Waals surface area contributed by atoms with E-state index in [1.165, 1.54) is 0 Å². The van der Waals surface area contributed by atoms with Crippen molar-refractivity contribution in [3.05, 3.63) is 58.1 Å². The first-order chi connectivity index (χ1) is 7.24. The molecule has 15 heavy (non-hydrogen) atoms. The van der Waals surface area contributed by atoms with Crippen LogP contribution in [0, 0.1) is 0 Å². The molecule has 2 aromatic rings. The van der Waals surface area contributed by atoms with E-state index in [0.717, 1.165) is 16.4 Å². The van der Waals surface area contributed by atoms with Gasteiger partial charge in [-0.25, -0.2) is 9.97 Å². The van der Waals surface area contributed by atoms with Crippen LogP contribution in [0.2, 0.25) is 10.0 Å². The molecule has 1 aromatic heterocycles. The van der Waals surface area contributed by atoms with E-state index in [0.29, 0.717) is 11.4 Å². The topological polar surface area (TPSA) is 25.8 Å². The van der Waals surface area contributed by atoms with E-state index in [1.807, 2.05) is 24.3 Å². The van der Waals surface area contributed by atoms with Crippen molar-refractivity contribution in [1.82, 2.24) is 9.97 Å². The van der Waals surface area contributed by atoms with Crippen LogP contribution >= 0.6 is 23.2 Å². The van der Waals surface area contributed by atoms with Crippen LogP contribution in [0.15, 0.2) is 36.7 Å². The summed E-state index contributed by atoms with van der Waals surface area (Å²) in [4.78, 5) is 8.23. The predicted molar refractivity (Wildman–Crippen MR) is 61.3 cm³/mol. The van der Waals surface area contributed by atoms with Crippen LogP contribution in [-0.2, 0) is 6.42 Å². The molecule has 0 atom stereocenters. The average Bonchev–Trinajstić information content (AvgIpc) is 2.22. The summed E-state index contributed by atoms with van der Waals surface area (Å²) in [5.41, 5.74) is 1.09. The summed E-state index contributed by atoms with van der Waals surface area (Å²) in [5, 5.41) is 1.27. The highest BCUT2D eigenvalue weighted by molar-refractivity contribution is 6.30. The van der Waals surface area contributed by atoms with Gasteiger partial charge in [-0.2, -0.15) is 0 Å². The molecule has 0 unspecified atom stereocenters. The molecule has 2 nitrogen and oxygen atoms in total. The molecular weight excluding hydrogens is 231 g/mol. The summed E-state index contributed by atoms with van der Waals surface area (Å²) in [6.45, 7) is 0. The second-order valence-corrected chi connectivity index (χ2v) is 4.00. The molecule has 0 amide bonds. The van der Waals surface area contributed by atoms with Gasteiger partial charge in [-0.3, -0.25) is 0 Å². The third-order valence-corrected chi connectivity index (χ3v) is 2.36. The number of nitrogens with zero attached hydrogens (tertiary/aromatic N) is 2. The highest BCUT2D eigenvalue weighted by atomic mass is 35.5. The van der Waals surface area contributed by atoms with Gasteiger partial charge in [0.25, 0.3) is 0 Å². The summed E-state index contributed by atoms with van der Waals surface area (Å²) >= 11 is 11.6. The van der Waals surface area contributed by atoms with Crippen molar-refractivity contribution < 1.29 is 0 Å². The number of aromatic nitrogens is 2. The lowest BCUT2D eigenvalue weighted by molar-refractivity contribution is 0.968. The molecule has 0 aliphatic heterocycles. The van der Waals surface area contributed by atoms with Gasteiger partial charge < -0.3 is 0 Å². The van der Waals surface area contributed by atoms with Gasteiger partial charge in [-0.05, 0) is 17.7 Å². The van der Waals surface area contributed by atoms with Crippen LogP contribution < -0.4 is 0 Å². The molecule has 0 aliphatic rings. The Labute approximate surface area is 97.9 Å². The maximum Gasteiger partial charge on any atom is 0.132 e. The van der Waals surface area contributed by atoms with E-state index in [-0.39, 0.29) is 0 Å². The van der Waals surface area contributed by atoms with Crippen LogP contribution in [0.4, 0.5) is 0 Å². The zero-order chi connectivity index (χ0) is 10.7. The first kappa shape index (κ1) is 10.4. The Morgan fingerprint density at radius 2 is 1.73 bits per heavy atom. The lowest BCUT2D eigenvalue weighted by Crippen LogP contribution is -1.95. The fourth-order valence-corrected chi connectivity index (χ4v) is 1.57. The molecule has 0 fully saturated rings. The summed E-state index contributed by atoms with van der Waals surface area (Å²) in [5.74, 6) is 0.738. The summed E-state index contributed by atoms with van der Waals surface area (Å²) in [7, 11) is 0. The minimum Gasteiger partial charge on any atom is -0.239 e. The van der Waals surface area contributed by atoms with Crippen molar-refractivity contribution in [3.63, 3.8) is 0 Å². The van der Waals surface area contributed by atoms with E-state index >= 15 is 0 Å². The molecule has 0 saturated heterocycles. The molecule has 1 aromatic carbocycles. The van der Waals surface area contributed by atoms with Crippen LogP contribution in [0.25, 0.3) is 0 Å². The number of benzene rings is 1. The quantitative estimate of drug-likeness (QED) is 0.802. The fraction of sp³-hybridized carbons (Fsp3) is 0.0909. The summed E-state index contributed by atoms with van der Waals surface area (Å²) in [6, 6.07) is 7.64. The van der Waals surface area contributed by atoms with Crippen LogP contribution in [0.5, 0.6) is 0 Å². The Morgan fingerprint density at radius 1 is 1.00 bits per heavy atom. The largest absolute Gasteiger partial charge is 0.239 e. The average molecular weight is 239 g/mol. The number of hydrogen-bond donors (Lipinski definition) is 0. The molecule has 0 radical (unpaired) electrons. The maximum atomic E-state index is 5.87. The molecule has 0 aliphatic carbocycles. The van der Waals surface area contributed by atoms with Gasteiger partial charge in [0.1, 0.15) is 5.82 Å². The zero-order valence-electron chi connectivity index (χ0n) is 7.82. The minimum atomic E-state index is 0.546. The van der Waals surface area contributed by atoms with Gasteiger partial charge in [0, 0.05) is 23.8 Å². The van der Waals surface area contributed by atoms with Crippen molar-refractivity contribution in [3.8, 4) is 0 Å². The Morgan fingerprint density at radius 3 is 2.40 bits per heavy atom. The van der Waals surface area contributed by atoms with E-state index in [1.54, 1.807) is 12.4 Å². The molecule has 0 N–H and O–H groups in total. The fourth-order valence-electron chi connectivity index (χ4n) is 1.26. The first-order valence-electron chi connectivity index (χ1n) is 4.45. The van der Waals surface area contributed by atoms with Crippen LogP contribution in [-0.4, -0.2) is 9.97 Å². The molecule has 4 heteroatoms. The number of halogens is 2. The predicted octanol–water partition coefficient (Wildman–Crippen LogP) is 3.37. The van der Waals surface area contributed by atoms with Gasteiger partial charge >= 0.3 is 0 Å². The van der Waals surface area contributed by atoms with Crippen molar-refractivity contribution in [2.45, 2.75) is 6.42 Å². The molecule has 2 rings (SSSR count). The van der Waals surface area contributed by atoms with E-state index in [2.05, 4.69) is 9.97 Å². The normalized spacial score (nSPS) is 10.3. The molecule has 1 heterocycles. The Balaban J connectivity index is 2.18. The van der Waals surface area contributed by atoms with Crippen molar-refractivity contribution in [1.29, 1.82) is 0 Å². The number of rotatable bonds is 2. The Bertz CT molecular complexity index is 454. The van der Waals surface area contributed by atoms with Crippen molar-refractivity contribution in [2.24, 2.45) is 0 Å². The van der Waals surface area contributed by atoms with E-state index in [4.69, 9.17) is 23.2 Å². The van der Waals surface area contributed by atoms with E-state index < -0.39 is 0 Å². The molecule has 0 spiro atoms. The summed E-state index contributed by atoms with van der Waals surface area (Å²) in [6.07, 6.45) is 3.85. The molecule has 76 valence electrons. The second kappa shape index (κ2) is 4.60. The smallest absolute Gasteiger partial charge is 0.132 e. The monoisotopic (exact) mass is 238 g/mol. The van der Waals surface area contributed by atoms with Crippen LogP contribution in [0.1, 0.15) is 11.4 Å². The molecular formula is C11H8Cl2N2. The lowest BCUT2D eigenvalue weighted by Gasteiger charge is -2.00. The van der Waals surface area contributed by atoms with Crippen LogP contribution in [0.3, 0.4) is 0 Å². The van der Waals surface area contributed by atoms with Crippen molar-refractivity contribution in [2.75, 3.05) is 0 Å². The van der Waals surface area contributed by atoms with Gasteiger partial charge in [0.2, 0.25) is 0 Å². The first-order valence-corrected chi connectivity index (χ1v) is 5.20. The maximum absolute atomic E-state index is 5.87. The van der Waals surface area contributed by atoms with Gasteiger partial charge in [0.05, 0.1) is 5.02 Å². The third-order valence-electron chi connectivity index (χ3n) is 1.93. The van der Waals surface area contributed by atoms with Gasteiger partial charge in [-0.1, -0.05) is 35.3 Å². The highest BCUT2D eigenvalue weighted by Gasteiger charge is 1.99. The minimum absolute atomic E-state index is 0.546. The zero-order valence-corrected chi connectivity index (χ0v) is 9.33. The van der Waals surface area contributed by atoms with Crippen molar-refractivity contribution >= 4 is 23.2 Å². The standard InChI is InChI=1S/C11H8Cl2N2/c12-9-3-1-2-8(4-9)5-11-14-6-10(13)7-15-11/h1-4,6-7H,5H2. The molecule has 0 bridgehead atoms. The molecule has 0 saturated carbocycles. The van der Waals surface area contributed by atoms with Gasteiger partial charge in [-0.15, -0.1) is 0 Å². The second-order valence-electron chi connectivity index (χ2n) is 3.12. The highest BCUT2D eigenvalue weighted by Crippen LogP contribution is 2.13. The Kier molecular flexibility index (Phi) is 3.19. The lowest BCUT2D eigenvalue weighted by atomic mass is 10.1. The van der Waals surface area contributed by atoms with Gasteiger partial charge in [0.15, 0.2) is 0 Å². The SMILES string of the molecule is Clc1cnc(Cc2cccc(Cl)c2)nc1. The number of hydrogen-bond acceptors (Lipinski definition) is 2.